The maximum Gasteiger partial charge on any atom is 0.132 e. The van der Waals surface area contributed by atoms with Crippen LogP contribution in [0.25, 0.3) is 0 Å². The fourth-order valence-electron chi connectivity index (χ4n) is 2.72. The van der Waals surface area contributed by atoms with E-state index in [9.17, 15) is 0 Å². The van der Waals surface area contributed by atoms with Crippen molar-refractivity contribution in [2.45, 2.75) is 25.3 Å². The topological polar surface area (TPSA) is 28.2 Å². The smallest absolute Gasteiger partial charge is 0.132 e. The van der Waals surface area contributed by atoms with Crippen molar-refractivity contribution in [3.05, 3.63) is 54.2 Å². The lowest BCUT2D eigenvalue weighted by atomic mass is 9.99. The molecule has 0 amide bonds. The summed E-state index contributed by atoms with van der Waals surface area (Å²) in [6.07, 6.45) is 5.83. The fourth-order valence-corrected chi connectivity index (χ4v) is 2.72. The van der Waals surface area contributed by atoms with Crippen LogP contribution < -0.4 is 10.2 Å². The number of hydrogen-bond acceptors (Lipinski definition) is 3. The predicted octanol–water partition coefficient (Wildman–Crippen LogP) is 3.66. The second-order valence-corrected chi connectivity index (χ2v) is 5.35. The van der Waals surface area contributed by atoms with Crippen molar-refractivity contribution in [1.29, 1.82) is 0 Å². The van der Waals surface area contributed by atoms with Gasteiger partial charge in [-0.1, -0.05) is 30.7 Å². The molecule has 0 radical (unpaired) electrons. The summed E-state index contributed by atoms with van der Waals surface area (Å²) in [5.74, 6) is 0.982. The highest BCUT2D eigenvalue weighted by molar-refractivity contribution is 5.58. The van der Waals surface area contributed by atoms with Crippen molar-refractivity contribution in [1.82, 2.24) is 10.3 Å². The van der Waals surface area contributed by atoms with E-state index in [1.54, 1.807) is 0 Å². The first-order valence-corrected chi connectivity index (χ1v) is 7.33. The van der Waals surface area contributed by atoms with Crippen LogP contribution in [-0.4, -0.2) is 18.6 Å². The molecule has 3 rings (SSSR count). The molecule has 0 saturated carbocycles. The second-order valence-electron chi connectivity index (χ2n) is 5.35. The Balaban J connectivity index is 1.75. The number of hydrogen-bond donors (Lipinski definition) is 1. The Morgan fingerprint density at radius 2 is 1.95 bits per heavy atom. The first kappa shape index (κ1) is 13.1. The highest BCUT2D eigenvalue weighted by Crippen LogP contribution is 2.25. The molecule has 1 saturated heterocycles. The van der Waals surface area contributed by atoms with E-state index in [0.29, 0.717) is 6.04 Å². The monoisotopic (exact) mass is 267 g/mol. The Morgan fingerprint density at radius 3 is 2.60 bits per heavy atom. The van der Waals surface area contributed by atoms with Gasteiger partial charge in [-0.05, 0) is 43.1 Å². The van der Waals surface area contributed by atoms with E-state index in [0.717, 1.165) is 18.1 Å². The molecule has 20 heavy (non-hydrogen) atoms. The van der Waals surface area contributed by atoms with Crippen LogP contribution in [0.2, 0.25) is 0 Å². The minimum Gasteiger partial charge on any atom is -0.329 e. The largest absolute Gasteiger partial charge is 0.329 e. The van der Waals surface area contributed by atoms with Crippen LogP contribution in [0, 0.1) is 0 Å². The van der Waals surface area contributed by atoms with Gasteiger partial charge >= 0.3 is 0 Å². The summed E-state index contributed by atoms with van der Waals surface area (Å²) < 4.78 is 0. The van der Waals surface area contributed by atoms with E-state index in [4.69, 9.17) is 0 Å². The number of anilines is 2. The summed E-state index contributed by atoms with van der Waals surface area (Å²) in [6.45, 7) is 1.12. The van der Waals surface area contributed by atoms with Gasteiger partial charge in [-0.15, -0.1) is 0 Å². The van der Waals surface area contributed by atoms with Gasteiger partial charge in [-0.25, -0.2) is 4.98 Å². The van der Waals surface area contributed by atoms with E-state index in [1.165, 1.54) is 24.8 Å². The first-order valence-electron chi connectivity index (χ1n) is 7.33. The molecule has 1 atom stereocenters. The van der Waals surface area contributed by atoms with Gasteiger partial charge in [0.2, 0.25) is 0 Å². The van der Waals surface area contributed by atoms with E-state index in [1.807, 2.05) is 24.4 Å². The Labute approximate surface area is 120 Å². The maximum atomic E-state index is 4.62. The number of pyridine rings is 1. The molecule has 1 unspecified atom stereocenters. The van der Waals surface area contributed by atoms with E-state index in [-0.39, 0.29) is 0 Å². The van der Waals surface area contributed by atoms with Gasteiger partial charge in [-0.3, -0.25) is 0 Å². The molecule has 1 fully saturated rings. The summed E-state index contributed by atoms with van der Waals surface area (Å²) in [6, 6.07) is 15.1. The van der Waals surface area contributed by atoms with Crippen molar-refractivity contribution in [3.8, 4) is 0 Å². The minimum atomic E-state index is 0.479. The molecule has 1 aliphatic rings. The highest BCUT2D eigenvalue weighted by Gasteiger charge is 2.15. The molecule has 0 spiro atoms. The SMILES string of the molecule is CN(c1ccccc1)c1ccc(C2CCCCN2)cn1. The third kappa shape index (κ3) is 2.83. The summed E-state index contributed by atoms with van der Waals surface area (Å²) >= 11 is 0. The third-order valence-corrected chi connectivity index (χ3v) is 3.97. The van der Waals surface area contributed by atoms with Gasteiger partial charge in [0.05, 0.1) is 0 Å². The van der Waals surface area contributed by atoms with Crippen molar-refractivity contribution in [2.24, 2.45) is 0 Å². The van der Waals surface area contributed by atoms with Gasteiger partial charge in [0.15, 0.2) is 0 Å². The van der Waals surface area contributed by atoms with Crippen molar-refractivity contribution >= 4 is 11.5 Å². The second kappa shape index (κ2) is 6.06. The van der Waals surface area contributed by atoms with E-state index >= 15 is 0 Å². The summed E-state index contributed by atoms with van der Waals surface area (Å²) in [4.78, 5) is 6.73. The quantitative estimate of drug-likeness (QED) is 0.919. The molecule has 0 aliphatic carbocycles. The standard InChI is InChI=1S/C17H21N3/c1-20(15-7-3-2-4-8-15)17-11-10-14(13-19-17)16-9-5-6-12-18-16/h2-4,7-8,10-11,13,16,18H,5-6,9,12H2,1H3. The Kier molecular flexibility index (Phi) is 3.97. The van der Waals surface area contributed by atoms with Crippen molar-refractivity contribution in [3.63, 3.8) is 0 Å². The number of nitrogens with one attached hydrogen (secondary N) is 1. The Hall–Kier alpha value is -1.87. The van der Waals surface area contributed by atoms with Crippen molar-refractivity contribution in [2.75, 3.05) is 18.5 Å². The predicted molar refractivity (Wildman–Crippen MR) is 83.3 cm³/mol. The lowest BCUT2D eigenvalue weighted by Crippen LogP contribution is -2.26. The van der Waals surface area contributed by atoms with Crippen LogP contribution in [0.5, 0.6) is 0 Å². The number of piperidine rings is 1. The average molecular weight is 267 g/mol. The summed E-state index contributed by atoms with van der Waals surface area (Å²) in [5, 5.41) is 3.56. The van der Waals surface area contributed by atoms with E-state index < -0.39 is 0 Å². The average Bonchev–Trinajstić information content (AvgIpc) is 2.56. The fraction of sp³-hybridized carbons (Fsp3) is 0.353. The number of aromatic nitrogens is 1. The third-order valence-electron chi connectivity index (χ3n) is 3.97. The number of rotatable bonds is 3. The lowest BCUT2D eigenvalue weighted by molar-refractivity contribution is 0.411. The Morgan fingerprint density at radius 1 is 1.10 bits per heavy atom. The number of para-hydroxylation sites is 1. The molecule has 1 aliphatic heterocycles. The van der Waals surface area contributed by atoms with Crippen LogP contribution in [0.4, 0.5) is 11.5 Å². The van der Waals surface area contributed by atoms with Crippen molar-refractivity contribution < 1.29 is 0 Å². The molecule has 1 aromatic heterocycles. The van der Waals surface area contributed by atoms with Crippen LogP contribution in [0.1, 0.15) is 30.9 Å². The maximum absolute atomic E-state index is 4.62. The minimum absolute atomic E-state index is 0.479. The zero-order valence-electron chi connectivity index (χ0n) is 11.9. The first-order chi connectivity index (χ1) is 9.84. The zero-order chi connectivity index (χ0) is 13.8. The molecular weight excluding hydrogens is 246 g/mol. The number of nitrogens with zero attached hydrogens (tertiary/aromatic N) is 2. The molecule has 1 aromatic carbocycles. The molecule has 2 heterocycles. The lowest BCUT2D eigenvalue weighted by Gasteiger charge is -2.24. The summed E-state index contributed by atoms with van der Waals surface area (Å²) in [5.41, 5.74) is 2.46. The van der Waals surface area contributed by atoms with Gasteiger partial charge in [0.1, 0.15) is 5.82 Å². The molecule has 1 N–H and O–H groups in total. The highest BCUT2D eigenvalue weighted by atomic mass is 15.2. The molecular formula is C17H21N3. The molecule has 2 aromatic rings. The van der Waals surface area contributed by atoms with Gasteiger partial charge in [0.25, 0.3) is 0 Å². The molecule has 3 nitrogen and oxygen atoms in total. The normalized spacial score (nSPS) is 18.8. The number of benzene rings is 1. The van der Waals surface area contributed by atoms with Crippen LogP contribution >= 0.6 is 0 Å². The van der Waals surface area contributed by atoms with Crippen LogP contribution in [0.15, 0.2) is 48.7 Å². The molecule has 3 heteroatoms. The van der Waals surface area contributed by atoms with Crippen LogP contribution in [0.3, 0.4) is 0 Å². The van der Waals surface area contributed by atoms with Gasteiger partial charge in [0, 0.05) is 25.0 Å². The van der Waals surface area contributed by atoms with Gasteiger partial charge < -0.3 is 10.2 Å². The van der Waals surface area contributed by atoms with E-state index in [2.05, 4.69) is 46.5 Å². The Bertz CT molecular complexity index is 530. The summed E-state index contributed by atoms with van der Waals surface area (Å²) in [7, 11) is 2.05. The molecule has 104 valence electrons. The molecule has 0 bridgehead atoms. The van der Waals surface area contributed by atoms with Crippen LogP contribution in [-0.2, 0) is 0 Å². The zero-order valence-corrected chi connectivity index (χ0v) is 11.9. The van der Waals surface area contributed by atoms with Gasteiger partial charge in [-0.2, -0.15) is 0 Å².